The van der Waals surface area contributed by atoms with Gasteiger partial charge in [0.2, 0.25) is 5.75 Å². The molecular weight excluding hydrogens is 386 g/mol. The summed E-state index contributed by atoms with van der Waals surface area (Å²) in [5.41, 5.74) is 2.04. The van der Waals surface area contributed by atoms with E-state index in [1.807, 2.05) is 48.6 Å². The largest absolute Gasteiger partial charge is 0.497 e. The van der Waals surface area contributed by atoms with Gasteiger partial charge in [0.15, 0.2) is 11.5 Å². The lowest BCUT2D eigenvalue weighted by molar-refractivity contribution is 0.324. The molecule has 8 nitrogen and oxygen atoms in total. The number of hydrogen-bond acceptors (Lipinski definition) is 6. The van der Waals surface area contributed by atoms with Gasteiger partial charge in [-0.15, -0.1) is 0 Å². The summed E-state index contributed by atoms with van der Waals surface area (Å²) in [7, 11) is 3.66. The van der Waals surface area contributed by atoms with Crippen molar-refractivity contribution in [1.29, 1.82) is 0 Å². The van der Waals surface area contributed by atoms with Crippen LogP contribution in [0.5, 0.6) is 23.0 Å². The van der Waals surface area contributed by atoms with Crippen molar-refractivity contribution in [1.82, 2.24) is 4.72 Å². The Morgan fingerprint density at radius 2 is 1.29 bits per heavy atom. The van der Waals surface area contributed by atoms with Gasteiger partial charge in [0, 0.05) is 7.05 Å². The van der Waals surface area contributed by atoms with E-state index >= 15 is 0 Å². The van der Waals surface area contributed by atoms with Crippen LogP contribution >= 0.6 is 0 Å². The highest BCUT2D eigenvalue weighted by Gasteiger charge is 2.11. The first-order valence-electron chi connectivity index (χ1n) is 8.06. The molecule has 2 aromatic carbocycles. The minimum absolute atomic E-state index is 0.589. The summed E-state index contributed by atoms with van der Waals surface area (Å²) in [6.45, 7) is 0. The van der Waals surface area contributed by atoms with E-state index in [2.05, 4.69) is 0 Å². The minimum atomic E-state index is -3.91. The van der Waals surface area contributed by atoms with E-state index < -0.39 is 10.3 Å². The van der Waals surface area contributed by atoms with Gasteiger partial charge in [-0.05, 0) is 35.4 Å². The first kappa shape index (κ1) is 23.3. The van der Waals surface area contributed by atoms with Crippen molar-refractivity contribution >= 4 is 22.5 Å². The van der Waals surface area contributed by atoms with Gasteiger partial charge in [0.1, 0.15) is 5.75 Å². The standard InChI is InChI=1S/C18H20O4.CH5NO3S/c1-19-15-9-7-13(8-10-15)5-6-14-11-16(20-2)18(22-4)17(12-14)21-3;1-2-6(3,4)5/h5-12H,1-4H3;2H,1H3,(H,3,4,5)/b6-5-;. The Kier molecular flexibility index (Phi) is 9.29. The van der Waals surface area contributed by atoms with Crippen LogP contribution in [0.4, 0.5) is 0 Å². The van der Waals surface area contributed by atoms with Gasteiger partial charge >= 0.3 is 10.3 Å². The molecule has 154 valence electrons. The SMILES string of the molecule is CNS(=O)(=O)O.COc1ccc(/C=C\c2cc(OC)c(OC)c(OC)c2)cc1. The fourth-order valence-electron chi connectivity index (χ4n) is 2.11. The molecule has 0 unspecified atom stereocenters. The van der Waals surface area contributed by atoms with Crippen LogP contribution in [0, 0.1) is 0 Å². The molecule has 2 aromatic rings. The molecule has 0 heterocycles. The highest BCUT2D eigenvalue weighted by Crippen LogP contribution is 2.38. The Morgan fingerprint density at radius 3 is 1.64 bits per heavy atom. The summed E-state index contributed by atoms with van der Waals surface area (Å²) in [5, 5.41) is 0. The summed E-state index contributed by atoms with van der Waals surface area (Å²) >= 11 is 0. The molecule has 0 saturated carbocycles. The third-order valence-electron chi connectivity index (χ3n) is 3.53. The van der Waals surface area contributed by atoms with Crippen molar-refractivity contribution in [2.75, 3.05) is 35.5 Å². The van der Waals surface area contributed by atoms with Crippen LogP contribution in [0.25, 0.3) is 12.2 Å². The molecule has 0 bridgehead atoms. The molecule has 0 aliphatic rings. The van der Waals surface area contributed by atoms with E-state index in [-0.39, 0.29) is 0 Å². The molecule has 0 fully saturated rings. The first-order valence-corrected chi connectivity index (χ1v) is 9.50. The second-order valence-electron chi connectivity index (χ2n) is 5.24. The second kappa shape index (κ2) is 11.2. The van der Waals surface area contributed by atoms with Crippen LogP contribution in [0.15, 0.2) is 36.4 Å². The second-order valence-corrected chi connectivity index (χ2v) is 6.60. The van der Waals surface area contributed by atoms with Crippen molar-refractivity contribution in [3.05, 3.63) is 47.5 Å². The van der Waals surface area contributed by atoms with Gasteiger partial charge in [0.25, 0.3) is 0 Å². The zero-order chi connectivity index (χ0) is 21.2. The maximum Gasteiger partial charge on any atom is 0.333 e. The van der Waals surface area contributed by atoms with Crippen LogP contribution in [-0.4, -0.2) is 48.5 Å². The molecule has 0 radical (unpaired) electrons. The van der Waals surface area contributed by atoms with Crippen molar-refractivity contribution < 1.29 is 31.9 Å². The lowest BCUT2D eigenvalue weighted by Gasteiger charge is -2.12. The normalized spacial score (nSPS) is 10.8. The summed E-state index contributed by atoms with van der Waals surface area (Å²) in [6.07, 6.45) is 4.01. The Balaban J connectivity index is 0.000000568. The van der Waals surface area contributed by atoms with E-state index in [0.717, 1.165) is 23.9 Å². The topological polar surface area (TPSA) is 103 Å². The predicted octanol–water partition coefficient (Wildman–Crippen LogP) is 2.90. The van der Waals surface area contributed by atoms with Crippen LogP contribution in [0.2, 0.25) is 0 Å². The fourth-order valence-corrected chi connectivity index (χ4v) is 2.11. The van der Waals surface area contributed by atoms with Gasteiger partial charge in [-0.1, -0.05) is 24.3 Å². The lowest BCUT2D eigenvalue weighted by Crippen LogP contribution is -2.16. The third-order valence-corrected chi connectivity index (χ3v) is 4.04. The Labute approximate surface area is 165 Å². The smallest absolute Gasteiger partial charge is 0.333 e. The molecule has 0 amide bonds. The number of ether oxygens (including phenoxy) is 4. The third kappa shape index (κ3) is 7.47. The Hall–Kier alpha value is -2.75. The highest BCUT2D eigenvalue weighted by atomic mass is 32.2. The maximum atomic E-state index is 9.44. The van der Waals surface area contributed by atoms with E-state index in [1.54, 1.807) is 33.2 Å². The Bertz CT molecular complexity index is 853. The zero-order valence-electron chi connectivity index (χ0n) is 16.4. The van der Waals surface area contributed by atoms with Crippen molar-refractivity contribution in [2.24, 2.45) is 0 Å². The van der Waals surface area contributed by atoms with E-state index in [1.165, 1.54) is 0 Å². The maximum absolute atomic E-state index is 9.44. The van der Waals surface area contributed by atoms with Gasteiger partial charge in [-0.25, -0.2) is 0 Å². The van der Waals surface area contributed by atoms with Gasteiger partial charge in [-0.3, -0.25) is 4.55 Å². The van der Waals surface area contributed by atoms with Crippen molar-refractivity contribution in [3.63, 3.8) is 0 Å². The summed E-state index contributed by atoms with van der Waals surface area (Å²) in [4.78, 5) is 0. The molecule has 0 spiro atoms. The summed E-state index contributed by atoms with van der Waals surface area (Å²) in [5.74, 6) is 2.70. The first-order chi connectivity index (χ1) is 13.3. The van der Waals surface area contributed by atoms with Crippen LogP contribution in [0.3, 0.4) is 0 Å². The quantitative estimate of drug-likeness (QED) is 0.533. The highest BCUT2D eigenvalue weighted by molar-refractivity contribution is 7.83. The van der Waals surface area contributed by atoms with Crippen molar-refractivity contribution in [3.8, 4) is 23.0 Å². The molecule has 0 saturated heterocycles. The summed E-state index contributed by atoms with van der Waals surface area (Å²) < 4.78 is 49.4. The zero-order valence-corrected chi connectivity index (χ0v) is 17.2. The van der Waals surface area contributed by atoms with Crippen molar-refractivity contribution in [2.45, 2.75) is 0 Å². The number of benzene rings is 2. The summed E-state index contributed by atoms with van der Waals surface area (Å²) in [6, 6.07) is 11.6. The van der Waals surface area contributed by atoms with E-state index in [0.29, 0.717) is 17.2 Å². The fraction of sp³-hybridized carbons (Fsp3) is 0.263. The number of hydrogen-bond donors (Lipinski definition) is 2. The Morgan fingerprint density at radius 1 is 0.821 bits per heavy atom. The molecule has 28 heavy (non-hydrogen) atoms. The van der Waals surface area contributed by atoms with Crippen LogP contribution < -0.4 is 23.7 Å². The number of nitrogens with one attached hydrogen (secondary N) is 1. The number of rotatable bonds is 7. The molecular formula is C19H25NO7S. The minimum Gasteiger partial charge on any atom is -0.497 e. The lowest BCUT2D eigenvalue weighted by atomic mass is 10.1. The predicted molar refractivity (Wildman–Crippen MR) is 109 cm³/mol. The molecule has 0 aromatic heterocycles. The average Bonchev–Trinajstić information content (AvgIpc) is 2.71. The van der Waals surface area contributed by atoms with E-state index in [4.69, 9.17) is 23.5 Å². The molecule has 0 atom stereocenters. The van der Waals surface area contributed by atoms with Crippen LogP contribution in [-0.2, 0) is 10.3 Å². The monoisotopic (exact) mass is 411 g/mol. The van der Waals surface area contributed by atoms with Gasteiger partial charge in [0.05, 0.1) is 28.4 Å². The van der Waals surface area contributed by atoms with Gasteiger partial charge < -0.3 is 18.9 Å². The average molecular weight is 411 g/mol. The van der Waals surface area contributed by atoms with Crippen LogP contribution in [0.1, 0.15) is 11.1 Å². The molecule has 2 rings (SSSR count). The molecule has 0 aliphatic heterocycles. The molecule has 2 N–H and O–H groups in total. The van der Waals surface area contributed by atoms with Gasteiger partial charge in [-0.2, -0.15) is 13.1 Å². The van der Waals surface area contributed by atoms with E-state index in [9.17, 15) is 8.42 Å². The molecule has 0 aliphatic carbocycles. The molecule has 9 heteroatoms. The number of methoxy groups -OCH3 is 4.